The number of nitrogens with zero attached hydrogens (tertiary/aromatic N) is 4. The topological polar surface area (TPSA) is 88.0 Å². The number of H-pyrrole nitrogens is 1. The van der Waals surface area contributed by atoms with Crippen LogP contribution in [0.3, 0.4) is 0 Å². The molecule has 0 saturated carbocycles. The number of aromatic nitrogens is 5. The van der Waals surface area contributed by atoms with Gasteiger partial charge in [-0.15, -0.1) is 0 Å². The zero-order valence-corrected chi connectivity index (χ0v) is 10.2. The number of pyridine rings is 1. The summed E-state index contributed by atoms with van der Waals surface area (Å²) in [4.78, 5) is 16.2. The molecule has 0 radical (unpaired) electrons. The number of fused-ring (bicyclic) bond motifs is 1. The van der Waals surface area contributed by atoms with Gasteiger partial charge in [0, 0.05) is 6.20 Å². The molecular weight excluding hydrogens is 244 g/mol. The lowest BCUT2D eigenvalue weighted by atomic mass is 10.2. The van der Waals surface area contributed by atoms with Crippen molar-refractivity contribution in [3.8, 4) is 0 Å². The number of nitrogens with one attached hydrogen (secondary N) is 2. The van der Waals surface area contributed by atoms with E-state index in [-0.39, 0.29) is 11.9 Å². The lowest BCUT2D eigenvalue weighted by Gasteiger charge is -2.10. The van der Waals surface area contributed by atoms with Crippen LogP contribution in [0.25, 0.3) is 5.52 Å². The van der Waals surface area contributed by atoms with Crippen molar-refractivity contribution >= 4 is 11.4 Å². The fraction of sp³-hybridized carbons (Fsp3) is 0.167. The molecule has 0 aliphatic carbocycles. The Morgan fingerprint density at radius 2 is 2.37 bits per heavy atom. The Bertz CT molecular complexity index is 702. The summed E-state index contributed by atoms with van der Waals surface area (Å²) in [5, 5.41) is 13.5. The van der Waals surface area contributed by atoms with Gasteiger partial charge in [-0.2, -0.15) is 10.2 Å². The van der Waals surface area contributed by atoms with Gasteiger partial charge in [0.15, 0.2) is 0 Å². The Labute approximate surface area is 108 Å². The van der Waals surface area contributed by atoms with Gasteiger partial charge >= 0.3 is 0 Å². The van der Waals surface area contributed by atoms with Crippen molar-refractivity contribution in [2.45, 2.75) is 13.0 Å². The number of carbonyl (C=O) groups is 1. The smallest absolute Gasteiger partial charge is 0.255 e. The quantitative estimate of drug-likeness (QED) is 0.730. The minimum atomic E-state index is -0.242. The average molecular weight is 256 g/mol. The summed E-state index contributed by atoms with van der Waals surface area (Å²) in [7, 11) is 0. The summed E-state index contributed by atoms with van der Waals surface area (Å²) >= 11 is 0. The minimum absolute atomic E-state index is 0.190. The molecule has 0 aliphatic heterocycles. The highest BCUT2D eigenvalue weighted by molar-refractivity contribution is 6.00. The van der Waals surface area contributed by atoms with Crippen molar-refractivity contribution in [2.24, 2.45) is 0 Å². The van der Waals surface area contributed by atoms with Gasteiger partial charge in [-0.25, -0.2) is 9.50 Å². The maximum absolute atomic E-state index is 12.2. The van der Waals surface area contributed by atoms with Gasteiger partial charge in [0.25, 0.3) is 5.91 Å². The molecule has 3 aromatic rings. The van der Waals surface area contributed by atoms with Crippen LogP contribution in [0.1, 0.15) is 29.1 Å². The molecule has 1 unspecified atom stereocenters. The number of hydrogen-bond acceptors (Lipinski definition) is 4. The van der Waals surface area contributed by atoms with Crippen molar-refractivity contribution in [3.05, 3.63) is 48.3 Å². The van der Waals surface area contributed by atoms with Crippen LogP contribution >= 0.6 is 0 Å². The third-order valence-corrected chi connectivity index (χ3v) is 2.86. The molecule has 0 spiro atoms. The van der Waals surface area contributed by atoms with Gasteiger partial charge in [-0.05, 0) is 19.1 Å². The van der Waals surface area contributed by atoms with Gasteiger partial charge in [0.05, 0.1) is 23.3 Å². The molecule has 0 aromatic carbocycles. The number of aromatic amines is 1. The van der Waals surface area contributed by atoms with Gasteiger partial charge in [0.2, 0.25) is 0 Å². The molecule has 3 rings (SSSR count). The molecule has 3 heterocycles. The Morgan fingerprint density at radius 1 is 1.47 bits per heavy atom. The Morgan fingerprint density at radius 3 is 3.16 bits per heavy atom. The third kappa shape index (κ3) is 2.05. The second-order valence-electron chi connectivity index (χ2n) is 4.15. The SMILES string of the molecule is CC(NC(=O)c1cnn2ccccc12)c1ncn[nH]1. The summed E-state index contributed by atoms with van der Waals surface area (Å²) in [6, 6.07) is 5.33. The molecule has 3 aromatic heterocycles. The largest absolute Gasteiger partial charge is 0.342 e. The van der Waals surface area contributed by atoms with Crippen LogP contribution < -0.4 is 5.32 Å². The predicted molar refractivity (Wildman–Crippen MR) is 67.5 cm³/mol. The first-order chi connectivity index (χ1) is 9.25. The highest BCUT2D eigenvalue weighted by Crippen LogP contribution is 2.12. The second kappa shape index (κ2) is 4.52. The lowest BCUT2D eigenvalue weighted by Crippen LogP contribution is -2.27. The van der Waals surface area contributed by atoms with E-state index in [2.05, 4.69) is 25.6 Å². The highest BCUT2D eigenvalue weighted by atomic mass is 16.1. The summed E-state index contributed by atoms with van der Waals surface area (Å²) in [6.07, 6.45) is 4.76. The van der Waals surface area contributed by atoms with Crippen LogP contribution in [0.4, 0.5) is 0 Å². The van der Waals surface area contributed by atoms with E-state index in [4.69, 9.17) is 0 Å². The number of amides is 1. The monoisotopic (exact) mass is 256 g/mol. The summed E-state index contributed by atoms with van der Waals surface area (Å²) < 4.78 is 1.66. The molecule has 0 fully saturated rings. The fourth-order valence-electron chi connectivity index (χ4n) is 1.88. The molecular formula is C12H12N6O. The van der Waals surface area contributed by atoms with Crippen molar-refractivity contribution in [1.29, 1.82) is 0 Å². The molecule has 1 amide bonds. The van der Waals surface area contributed by atoms with E-state index in [0.29, 0.717) is 11.4 Å². The van der Waals surface area contributed by atoms with Crippen molar-refractivity contribution < 1.29 is 4.79 Å². The van der Waals surface area contributed by atoms with E-state index in [9.17, 15) is 4.79 Å². The van der Waals surface area contributed by atoms with E-state index in [1.165, 1.54) is 6.33 Å². The first-order valence-electron chi connectivity index (χ1n) is 5.84. The van der Waals surface area contributed by atoms with Gasteiger partial charge in [0.1, 0.15) is 12.2 Å². The van der Waals surface area contributed by atoms with Gasteiger partial charge < -0.3 is 5.32 Å². The van der Waals surface area contributed by atoms with E-state index < -0.39 is 0 Å². The molecule has 0 saturated heterocycles. The fourth-order valence-corrected chi connectivity index (χ4v) is 1.88. The molecule has 2 N–H and O–H groups in total. The van der Waals surface area contributed by atoms with Gasteiger partial charge in [-0.3, -0.25) is 9.89 Å². The van der Waals surface area contributed by atoms with Crippen LogP contribution in [-0.4, -0.2) is 30.7 Å². The van der Waals surface area contributed by atoms with Gasteiger partial charge in [-0.1, -0.05) is 6.07 Å². The number of carbonyl (C=O) groups excluding carboxylic acids is 1. The molecule has 7 heteroatoms. The Kier molecular flexibility index (Phi) is 2.71. The minimum Gasteiger partial charge on any atom is -0.342 e. The standard InChI is InChI=1S/C12H12N6O/c1-8(11-13-7-14-17-11)16-12(19)9-6-15-18-5-3-2-4-10(9)18/h2-8H,1H3,(H,16,19)(H,13,14,17). The summed E-state index contributed by atoms with van der Waals surface area (Å²) in [5.41, 5.74) is 1.30. The second-order valence-corrected chi connectivity index (χ2v) is 4.15. The Hall–Kier alpha value is -2.70. The van der Waals surface area contributed by atoms with E-state index in [1.54, 1.807) is 16.9 Å². The van der Waals surface area contributed by atoms with E-state index in [0.717, 1.165) is 5.52 Å². The average Bonchev–Trinajstić information content (AvgIpc) is 3.08. The van der Waals surface area contributed by atoms with Crippen LogP contribution in [0.2, 0.25) is 0 Å². The number of hydrogen-bond donors (Lipinski definition) is 2. The highest BCUT2D eigenvalue weighted by Gasteiger charge is 2.16. The van der Waals surface area contributed by atoms with Crippen LogP contribution in [-0.2, 0) is 0 Å². The van der Waals surface area contributed by atoms with Crippen molar-refractivity contribution in [1.82, 2.24) is 30.1 Å². The normalized spacial score (nSPS) is 12.5. The molecule has 1 atom stereocenters. The molecule has 96 valence electrons. The molecule has 0 aliphatic rings. The first-order valence-corrected chi connectivity index (χ1v) is 5.84. The van der Waals surface area contributed by atoms with Crippen molar-refractivity contribution in [2.75, 3.05) is 0 Å². The van der Waals surface area contributed by atoms with E-state index >= 15 is 0 Å². The maximum Gasteiger partial charge on any atom is 0.255 e. The zero-order valence-electron chi connectivity index (χ0n) is 10.2. The summed E-state index contributed by atoms with van der Waals surface area (Å²) in [6.45, 7) is 1.84. The Balaban J connectivity index is 1.84. The third-order valence-electron chi connectivity index (χ3n) is 2.86. The maximum atomic E-state index is 12.2. The van der Waals surface area contributed by atoms with E-state index in [1.807, 2.05) is 25.1 Å². The molecule has 7 nitrogen and oxygen atoms in total. The van der Waals surface area contributed by atoms with Crippen LogP contribution in [0.15, 0.2) is 36.9 Å². The molecule has 0 bridgehead atoms. The summed E-state index contributed by atoms with van der Waals surface area (Å²) in [5.74, 6) is 0.426. The lowest BCUT2D eigenvalue weighted by molar-refractivity contribution is 0.0940. The van der Waals surface area contributed by atoms with Crippen molar-refractivity contribution in [3.63, 3.8) is 0 Å². The number of rotatable bonds is 3. The first kappa shape index (κ1) is 11.4. The predicted octanol–water partition coefficient (Wildman–Crippen LogP) is 0.943. The van der Waals surface area contributed by atoms with Crippen LogP contribution in [0, 0.1) is 0 Å². The molecule has 19 heavy (non-hydrogen) atoms. The zero-order chi connectivity index (χ0) is 13.2. The van der Waals surface area contributed by atoms with Crippen LogP contribution in [0.5, 0.6) is 0 Å².